The molecule has 0 fully saturated rings. The number of rotatable bonds is 2. The van der Waals surface area contributed by atoms with Gasteiger partial charge in [-0.1, -0.05) is 26.3 Å². The Hall–Kier alpha value is 0.700. The maximum Gasteiger partial charge on any atom is 0.0566 e. The van der Waals surface area contributed by atoms with E-state index < -0.39 is 0 Å². The van der Waals surface area contributed by atoms with Gasteiger partial charge >= 0.3 is 0 Å². The van der Waals surface area contributed by atoms with Gasteiger partial charge < -0.3 is 0 Å². The third-order valence-corrected chi connectivity index (χ3v) is 1.58. The summed E-state index contributed by atoms with van der Waals surface area (Å²) >= 11 is 6.59. The van der Waals surface area contributed by atoms with E-state index in [9.17, 15) is 0 Å². The van der Waals surface area contributed by atoms with Gasteiger partial charge in [0.05, 0.1) is 3.39 Å². The zero-order valence-electron chi connectivity index (χ0n) is 5.12. The third-order valence-electron chi connectivity index (χ3n) is 1.05. The van der Waals surface area contributed by atoms with Crippen LogP contribution in [-0.2, 0) is 0 Å². The van der Waals surface area contributed by atoms with Crippen LogP contribution in [0.15, 0.2) is 9.47 Å². The van der Waals surface area contributed by atoms with E-state index in [2.05, 4.69) is 51.8 Å². The highest BCUT2D eigenvalue weighted by atomic mass is 79.9. The van der Waals surface area contributed by atoms with Gasteiger partial charge in [0.1, 0.15) is 0 Å². The summed E-state index contributed by atoms with van der Waals surface area (Å²) in [5, 5.41) is 0. The average molecular weight is 242 g/mol. The molecule has 48 valence electrons. The number of allylic oxidation sites excluding steroid dienone is 1. The van der Waals surface area contributed by atoms with Gasteiger partial charge in [-0.15, -0.1) is 0 Å². The summed E-state index contributed by atoms with van der Waals surface area (Å²) in [4.78, 5) is 0. The van der Waals surface area contributed by atoms with Crippen LogP contribution in [-0.4, -0.2) is 0 Å². The maximum absolute atomic E-state index is 3.29. The molecular weight excluding hydrogens is 232 g/mol. The normalized spacial score (nSPS) is 13.0. The maximum atomic E-state index is 3.29. The Morgan fingerprint density at radius 2 is 2.12 bits per heavy atom. The summed E-state index contributed by atoms with van der Waals surface area (Å²) in [5.41, 5.74) is 0. The van der Waals surface area contributed by atoms with E-state index in [0.717, 1.165) is 3.39 Å². The lowest BCUT2D eigenvalue weighted by molar-refractivity contribution is 0.699. The van der Waals surface area contributed by atoms with E-state index in [0.29, 0.717) is 5.92 Å². The van der Waals surface area contributed by atoms with Gasteiger partial charge in [0, 0.05) is 0 Å². The van der Waals surface area contributed by atoms with Gasteiger partial charge in [-0.25, -0.2) is 0 Å². The van der Waals surface area contributed by atoms with E-state index in [1.165, 1.54) is 6.42 Å². The van der Waals surface area contributed by atoms with Gasteiger partial charge in [-0.2, -0.15) is 0 Å². The molecule has 0 aliphatic carbocycles. The molecule has 0 radical (unpaired) electrons. The van der Waals surface area contributed by atoms with Crippen LogP contribution < -0.4 is 0 Å². The second-order valence-electron chi connectivity index (χ2n) is 1.84. The Morgan fingerprint density at radius 3 is 2.25 bits per heavy atom. The largest absolute Gasteiger partial charge is 0.0648 e. The van der Waals surface area contributed by atoms with E-state index in [-0.39, 0.29) is 0 Å². The van der Waals surface area contributed by atoms with Crippen LogP contribution in [0.25, 0.3) is 0 Å². The first-order chi connectivity index (χ1) is 3.66. The standard InChI is InChI=1S/C6H10Br2/c1-3-5(2)4-6(7)8/h4-5H,3H2,1-2H3. The molecular formula is C6H10Br2. The first-order valence-electron chi connectivity index (χ1n) is 2.69. The van der Waals surface area contributed by atoms with E-state index in [4.69, 9.17) is 0 Å². The molecule has 0 aromatic heterocycles. The van der Waals surface area contributed by atoms with Crippen LogP contribution in [0.5, 0.6) is 0 Å². The van der Waals surface area contributed by atoms with E-state index in [1.807, 2.05) is 0 Å². The molecule has 0 nitrogen and oxygen atoms in total. The first-order valence-corrected chi connectivity index (χ1v) is 4.28. The van der Waals surface area contributed by atoms with Crippen LogP contribution in [0, 0.1) is 5.92 Å². The Kier molecular flexibility index (Phi) is 4.97. The number of hydrogen-bond acceptors (Lipinski definition) is 0. The van der Waals surface area contributed by atoms with Gasteiger partial charge in [-0.05, 0) is 37.8 Å². The topological polar surface area (TPSA) is 0 Å². The molecule has 0 saturated carbocycles. The Labute approximate surface area is 67.6 Å². The van der Waals surface area contributed by atoms with Gasteiger partial charge in [0.25, 0.3) is 0 Å². The molecule has 0 aliphatic heterocycles. The van der Waals surface area contributed by atoms with E-state index >= 15 is 0 Å². The summed E-state index contributed by atoms with van der Waals surface area (Å²) in [6.45, 7) is 4.35. The lowest BCUT2D eigenvalue weighted by atomic mass is 10.1. The lowest BCUT2D eigenvalue weighted by Crippen LogP contribution is -1.82. The smallest absolute Gasteiger partial charge is 0.0566 e. The number of hydrogen-bond donors (Lipinski definition) is 0. The summed E-state index contributed by atoms with van der Waals surface area (Å²) < 4.78 is 1.05. The minimum atomic E-state index is 0.670. The van der Waals surface area contributed by atoms with Gasteiger partial charge in [0.15, 0.2) is 0 Å². The molecule has 0 N–H and O–H groups in total. The van der Waals surface area contributed by atoms with Crippen molar-refractivity contribution in [2.75, 3.05) is 0 Å². The molecule has 0 saturated heterocycles. The molecule has 0 heterocycles. The van der Waals surface area contributed by atoms with Crippen molar-refractivity contribution in [3.05, 3.63) is 9.47 Å². The van der Waals surface area contributed by atoms with Crippen molar-refractivity contribution in [2.24, 2.45) is 5.92 Å². The predicted molar refractivity (Wildman–Crippen MR) is 45.4 cm³/mol. The van der Waals surface area contributed by atoms with E-state index in [1.54, 1.807) is 0 Å². The molecule has 0 amide bonds. The summed E-state index contributed by atoms with van der Waals surface area (Å²) in [7, 11) is 0. The van der Waals surface area contributed by atoms with Crippen LogP contribution >= 0.6 is 31.9 Å². The fourth-order valence-electron chi connectivity index (χ4n) is 0.333. The fraction of sp³-hybridized carbons (Fsp3) is 0.667. The molecule has 0 aromatic rings. The van der Waals surface area contributed by atoms with Crippen molar-refractivity contribution < 1.29 is 0 Å². The lowest BCUT2D eigenvalue weighted by Gasteiger charge is -1.97. The second-order valence-corrected chi connectivity index (χ2v) is 4.61. The zero-order chi connectivity index (χ0) is 6.57. The highest BCUT2D eigenvalue weighted by Crippen LogP contribution is 2.17. The van der Waals surface area contributed by atoms with Gasteiger partial charge in [0.2, 0.25) is 0 Å². The molecule has 0 aromatic carbocycles. The summed E-state index contributed by atoms with van der Waals surface area (Å²) in [5.74, 6) is 0.670. The van der Waals surface area contributed by atoms with Gasteiger partial charge in [-0.3, -0.25) is 0 Å². The van der Waals surface area contributed by atoms with Crippen molar-refractivity contribution in [1.29, 1.82) is 0 Å². The Bertz CT molecular complexity index is 82.5. The van der Waals surface area contributed by atoms with Crippen LogP contribution in [0.1, 0.15) is 20.3 Å². The SMILES string of the molecule is CCC(C)C=C(Br)Br. The molecule has 1 unspecified atom stereocenters. The van der Waals surface area contributed by atoms with Crippen molar-refractivity contribution >= 4 is 31.9 Å². The minimum absolute atomic E-state index is 0.670. The van der Waals surface area contributed by atoms with Crippen molar-refractivity contribution in [3.8, 4) is 0 Å². The molecule has 1 atom stereocenters. The van der Waals surface area contributed by atoms with Crippen molar-refractivity contribution in [2.45, 2.75) is 20.3 Å². The molecule has 0 spiro atoms. The average Bonchev–Trinajstić information content (AvgIpc) is 1.65. The Balaban J connectivity index is 3.51. The van der Waals surface area contributed by atoms with Crippen LogP contribution in [0.3, 0.4) is 0 Å². The summed E-state index contributed by atoms with van der Waals surface area (Å²) in [6, 6.07) is 0. The highest BCUT2D eigenvalue weighted by molar-refractivity contribution is 9.28. The monoisotopic (exact) mass is 240 g/mol. The highest BCUT2D eigenvalue weighted by Gasteiger charge is 1.91. The third kappa shape index (κ3) is 4.85. The number of halogens is 2. The molecule has 2 heteroatoms. The van der Waals surface area contributed by atoms with Crippen LogP contribution in [0.4, 0.5) is 0 Å². The summed E-state index contributed by atoms with van der Waals surface area (Å²) in [6.07, 6.45) is 3.33. The quantitative estimate of drug-likeness (QED) is 0.692. The van der Waals surface area contributed by atoms with Crippen molar-refractivity contribution in [3.63, 3.8) is 0 Å². The molecule has 8 heavy (non-hydrogen) atoms. The fourth-order valence-corrected chi connectivity index (χ4v) is 1.24. The van der Waals surface area contributed by atoms with Crippen molar-refractivity contribution in [1.82, 2.24) is 0 Å². The second kappa shape index (κ2) is 4.57. The minimum Gasteiger partial charge on any atom is -0.0648 e. The molecule has 0 bridgehead atoms. The predicted octanol–water partition coefficient (Wildman–Crippen LogP) is 3.66. The van der Waals surface area contributed by atoms with Crippen LogP contribution in [0.2, 0.25) is 0 Å². The zero-order valence-corrected chi connectivity index (χ0v) is 8.29. The first kappa shape index (κ1) is 8.70. The molecule has 0 aliphatic rings. The molecule has 0 rings (SSSR count). The Morgan fingerprint density at radius 1 is 1.62 bits per heavy atom.